The van der Waals surface area contributed by atoms with Crippen molar-refractivity contribution in [2.75, 3.05) is 5.32 Å². The summed E-state index contributed by atoms with van der Waals surface area (Å²) in [5, 5.41) is 3.47. The lowest BCUT2D eigenvalue weighted by molar-refractivity contribution is 0.306. The highest BCUT2D eigenvalue weighted by Gasteiger charge is 2.32. The normalized spacial score (nSPS) is 17.9. The van der Waals surface area contributed by atoms with E-state index >= 15 is 0 Å². The van der Waals surface area contributed by atoms with E-state index in [1.54, 1.807) is 12.4 Å². The van der Waals surface area contributed by atoms with Gasteiger partial charge in [0.2, 0.25) is 0 Å². The molecule has 0 spiro atoms. The number of rotatable bonds is 3. The summed E-state index contributed by atoms with van der Waals surface area (Å²) < 4.78 is 0. The Morgan fingerprint density at radius 1 is 1.60 bits per heavy atom. The van der Waals surface area contributed by atoms with Gasteiger partial charge in [-0.25, -0.2) is 0 Å². The van der Waals surface area contributed by atoms with Crippen LogP contribution in [0.15, 0.2) is 18.5 Å². The Labute approximate surface area is 95.1 Å². The third kappa shape index (κ3) is 2.09. The van der Waals surface area contributed by atoms with Crippen molar-refractivity contribution in [3.8, 4) is 0 Å². The Hall–Kier alpha value is -1.16. The molecule has 0 atom stereocenters. The lowest BCUT2D eigenvalue weighted by Gasteiger charge is -2.40. The van der Waals surface area contributed by atoms with Crippen molar-refractivity contribution in [3.05, 3.63) is 24.0 Å². The molecule has 1 saturated carbocycles. The van der Waals surface area contributed by atoms with Crippen molar-refractivity contribution in [3.63, 3.8) is 0 Å². The molecule has 4 heteroatoms. The van der Waals surface area contributed by atoms with Crippen LogP contribution in [0.25, 0.3) is 0 Å². The van der Waals surface area contributed by atoms with E-state index < -0.39 is 0 Å². The van der Waals surface area contributed by atoms with Crippen molar-refractivity contribution in [2.24, 2.45) is 5.73 Å². The molecule has 1 aromatic heterocycles. The first kappa shape index (κ1) is 10.4. The fourth-order valence-electron chi connectivity index (χ4n) is 1.87. The molecule has 0 aliphatic heterocycles. The first-order valence-electron chi connectivity index (χ1n) is 5.13. The molecule has 0 saturated heterocycles. The number of thiocarbonyl (C=S) groups is 1. The predicted molar refractivity (Wildman–Crippen MR) is 66.0 cm³/mol. The van der Waals surface area contributed by atoms with E-state index in [1.807, 2.05) is 6.07 Å². The van der Waals surface area contributed by atoms with E-state index in [9.17, 15) is 0 Å². The zero-order valence-corrected chi connectivity index (χ0v) is 9.60. The molecule has 1 aliphatic carbocycles. The maximum atomic E-state index is 5.66. The van der Waals surface area contributed by atoms with Gasteiger partial charge in [0, 0.05) is 17.3 Å². The van der Waals surface area contributed by atoms with Crippen molar-refractivity contribution >= 4 is 22.9 Å². The van der Waals surface area contributed by atoms with Gasteiger partial charge in [0.1, 0.15) is 4.99 Å². The Morgan fingerprint density at radius 2 is 2.33 bits per heavy atom. The average molecular weight is 221 g/mol. The van der Waals surface area contributed by atoms with Crippen molar-refractivity contribution in [1.82, 2.24) is 4.98 Å². The summed E-state index contributed by atoms with van der Waals surface area (Å²) in [4.78, 5) is 4.51. The molecule has 1 aliphatic rings. The Balaban J connectivity index is 2.23. The SMILES string of the molecule is CC1(Nc2cnccc2C(N)=S)CCC1. The van der Waals surface area contributed by atoms with E-state index in [4.69, 9.17) is 18.0 Å². The number of anilines is 1. The number of nitrogens with two attached hydrogens (primary N) is 1. The first-order valence-corrected chi connectivity index (χ1v) is 5.54. The second-order valence-corrected chi connectivity index (χ2v) is 4.76. The first-order chi connectivity index (χ1) is 7.11. The number of nitrogens with one attached hydrogen (secondary N) is 1. The smallest absolute Gasteiger partial charge is 0.106 e. The van der Waals surface area contributed by atoms with Crippen LogP contribution in [0.5, 0.6) is 0 Å². The van der Waals surface area contributed by atoms with Crippen LogP contribution in [-0.4, -0.2) is 15.5 Å². The van der Waals surface area contributed by atoms with Gasteiger partial charge in [-0.15, -0.1) is 0 Å². The maximum Gasteiger partial charge on any atom is 0.106 e. The van der Waals surface area contributed by atoms with E-state index in [-0.39, 0.29) is 5.54 Å². The zero-order valence-electron chi connectivity index (χ0n) is 8.79. The minimum Gasteiger partial charge on any atom is -0.389 e. The fraction of sp³-hybridized carbons (Fsp3) is 0.455. The monoisotopic (exact) mass is 221 g/mol. The Kier molecular flexibility index (Phi) is 2.61. The van der Waals surface area contributed by atoms with E-state index in [0.717, 1.165) is 11.3 Å². The van der Waals surface area contributed by atoms with Gasteiger partial charge in [0.05, 0.1) is 11.9 Å². The highest BCUT2D eigenvalue weighted by molar-refractivity contribution is 7.80. The molecule has 3 N–H and O–H groups in total. The van der Waals surface area contributed by atoms with Gasteiger partial charge < -0.3 is 11.1 Å². The van der Waals surface area contributed by atoms with E-state index in [1.165, 1.54) is 19.3 Å². The predicted octanol–water partition coefficient (Wildman–Crippen LogP) is 2.07. The second-order valence-electron chi connectivity index (χ2n) is 4.32. The van der Waals surface area contributed by atoms with E-state index in [2.05, 4.69) is 17.2 Å². The third-order valence-electron chi connectivity index (χ3n) is 2.98. The standard InChI is InChI=1S/C11H15N3S/c1-11(4-2-5-11)14-9-7-13-6-3-8(9)10(12)15/h3,6-7,14H,2,4-5H2,1H3,(H2,12,15). The lowest BCUT2D eigenvalue weighted by atomic mass is 9.78. The molecule has 0 aromatic carbocycles. The second kappa shape index (κ2) is 3.77. The Morgan fingerprint density at radius 3 is 2.87 bits per heavy atom. The highest BCUT2D eigenvalue weighted by Crippen LogP contribution is 2.35. The molecular formula is C11H15N3S. The number of hydrogen-bond acceptors (Lipinski definition) is 3. The van der Waals surface area contributed by atoms with Gasteiger partial charge >= 0.3 is 0 Å². The number of aromatic nitrogens is 1. The minimum absolute atomic E-state index is 0.197. The summed E-state index contributed by atoms with van der Waals surface area (Å²) >= 11 is 5.00. The van der Waals surface area contributed by atoms with Crippen molar-refractivity contribution in [2.45, 2.75) is 31.7 Å². The molecular weight excluding hydrogens is 206 g/mol. The molecule has 1 heterocycles. The number of pyridine rings is 1. The van der Waals surface area contributed by atoms with Gasteiger partial charge in [-0.2, -0.15) is 0 Å². The molecule has 3 nitrogen and oxygen atoms in total. The lowest BCUT2D eigenvalue weighted by Crippen LogP contribution is -2.42. The molecule has 1 aromatic rings. The van der Waals surface area contributed by atoms with Crippen LogP contribution < -0.4 is 11.1 Å². The minimum atomic E-state index is 0.197. The van der Waals surface area contributed by atoms with Crippen LogP contribution in [0.4, 0.5) is 5.69 Å². The van der Waals surface area contributed by atoms with E-state index in [0.29, 0.717) is 4.99 Å². The summed E-state index contributed by atoms with van der Waals surface area (Å²) in [5.41, 5.74) is 7.69. The third-order valence-corrected chi connectivity index (χ3v) is 3.20. The summed E-state index contributed by atoms with van der Waals surface area (Å²) in [5.74, 6) is 0. The quantitative estimate of drug-likeness (QED) is 0.767. The van der Waals surface area contributed by atoms with Crippen LogP contribution >= 0.6 is 12.2 Å². The van der Waals surface area contributed by atoms with Crippen molar-refractivity contribution < 1.29 is 0 Å². The molecule has 2 rings (SSSR count). The van der Waals surface area contributed by atoms with Crippen molar-refractivity contribution in [1.29, 1.82) is 0 Å². The molecule has 80 valence electrons. The van der Waals surface area contributed by atoms with Gasteiger partial charge in [0.25, 0.3) is 0 Å². The van der Waals surface area contributed by atoms with Crippen LogP contribution in [0.1, 0.15) is 31.7 Å². The maximum absolute atomic E-state index is 5.66. The van der Waals surface area contributed by atoms with Crippen LogP contribution in [-0.2, 0) is 0 Å². The van der Waals surface area contributed by atoms with Crippen LogP contribution in [0.2, 0.25) is 0 Å². The van der Waals surface area contributed by atoms with Gasteiger partial charge in [0.15, 0.2) is 0 Å². The summed E-state index contributed by atoms with van der Waals surface area (Å²) in [6.07, 6.45) is 7.17. The molecule has 15 heavy (non-hydrogen) atoms. The Bertz CT molecular complexity index is 385. The van der Waals surface area contributed by atoms with Gasteiger partial charge in [-0.1, -0.05) is 12.2 Å². The van der Waals surface area contributed by atoms with Crippen LogP contribution in [0.3, 0.4) is 0 Å². The molecule has 0 bridgehead atoms. The summed E-state index contributed by atoms with van der Waals surface area (Å²) in [6, 6.07) is 1.85. The van der Waals surface area contributed by atoms with Gasteiger partial charge in [-0.05, 0) is 32.3 Å². The zero-order chi connectivity index (χ0) is 10.9. The largest absolute Gasteiger partial charge is 0.389 e. The average Bonchev–Trinajstić information content (AvgIpc) is 2.16. The fourth-order valence-corrected chi connectivity index (χ4v) is 2.04. The van der Waals surface area contributed by atoms with Crippen LogP contribution in [0, 0.1) is 0 Å². The highest BCUT2D eigenvalue weighted by atomic mass is 32.1. The molecule has 0 unspecified atom stereocenters. The summed E-state index contributed by atoms with van der Waals surface area (Å²) in [7, 11) is 0. The number of hydrogen-bond donors (Lipinski definition) is 2. The molecule has 1 fully saturated rings. The van der Waals surface area contributed by atoms with Gasteiger partial charge in [-0.3, -0.25) is 4.98 Å². The molecule has 0 radical (unpaired) electrons. The number of nitrogens with zero attached hydrogens (tertiary/aromatic N) is 1. The summed E-state index contributed by atoms with van der Waals surface area (Å²) in [6.45, 7) is 2.22. The molecule has 0 amide bonds. The topological polar surface area (TPSA) is 50.9 Å².